The fourth-order valence-electron chi connectivity index (χ4n) is 1.90. The molecule has 1 saturated heterocycles. The Labute approximate surface area is 101 Å². The van der Waals surface area contributed by atoms with Gasteiger partial charge in [0.1, 0.15) is 0 Å². The van der Waals surface area contributed by atoms with Crippen molar-refractivity contribution in [2.24, 2.45) is 0 Å². The first kappa shape index (κ1) is 12.1. The first-order chi connectivity index (χ1) is 8.27. The third-order valence-corrected chi connectivity index (χ3v) is 2.87. The number of rotatable bonds is 3. The quantitative estimate of drug-likeness (QED) is 0.865. The van der Waals surface area contributed by atoms with Crippen molar-refractivity contribution in [2.75, 3.05) is 13.1 Å². The maximum Gasteiger partial charge on any atom is 0.358 e. The van der Waals surface area contributed by atoms with E-state index >= 15 is 0 Å². The molecule has 0 aromatic heterocycles. The maximum absolute atomic E-state index is 11.7. The van der Waals surface area contributed by atoms with Crippen LogP contribution in [0, 0.1) is 0 Å². The molecule has 1 N–H and O–H groups in total. The molecule has 0 amide bonds. The molecular weight excluding hydrogens is 218 g/mol. The lowest BCUT2D eigenvalue weighted by atomic mass is 10.1. The summed E-state index contributed by atoms with van der Waals surface area (Å²) in [6, 6.07) is 8.83. The maximum atomic E-state index is 11.7. The number of carbonyl (C=O) groups is 1. The molecule has 1 aliphatic rings. The lowest BCUT2D eigenvalue weighted by Crippen LogP contribution is -2.34. The largest absolute Gasteiger partial charge is 0.377 e. The normalized spacial score (nSPS) is 18.6. The van der Waals surface area contributed by atoms with Gasteiger partial charge in [-0.25, -0.2) is 4.79 Å². The summed E-state index contributed by atoms with van der Waals surface area (Å²) in [6.45, 7) is 1.51. The van der Waals surface area contributed by atoms with Crippen LogP contribution in [0.1, 0.15) is 30.9 Å². The van der Waals surface area contributed by atoms with Gasteiger partial charge in [0.05, 0.1) is 0 Å². The third kappa shape index (κ3) is 3.28. The van der Waals surface area contributed by atoms with E-state index in [1.54, 1.807) is 29.3 Å². The number of hydrogen-bond donors (Lipinski definition) is 1. The minimum absolute atomic E-state index is 0.564. The van der Waals surface area contributed by atoms with Gasteiger partial charge in [-0.1, -0.05) is 36.8 Å². The molecule has 1 aliphatic heterocycles. The summed E-state index contributed by atoms with van der Waals surface area (Å²) >= 11 is 0. The second-order valence-electron chi connectivity index (χ2n) is 4.21. The van der Waals surface area contributed by atoms with Crippen molar-refractivity contribution in [3.8, 4) is 0 Å². The molecule has 1 atom stereocenters. The molecule has 0 spiro atoms. The highest BCUT2D eigenvalue weighted by atomic mass is 16.7. The van der Waals surface area contributed by atoms with Crippen molar-refractivity contribution >= 4 is 5.97 Å². The minimum Gasteiger partial charge on any atom is -0.377 e. The highest BCUT2D eigenvalue weighted by Crippen LogP contribution is 2.16. The van der Waals surface area contributed by atoms with Crippen LogP contribution in [0.5, 0.6) is 0 Å². The Bertz CT molecular complexity index is 360. The molecule has 1 heterocycles. The molecule has 1 fully saturated rings. The van der Waals surface area contributed by atoms with Crippen LogP contribution in [0.3, 0.4) is 0 Å². The number of aliphatic hydroxyl groups excluding tert-OH is 1. The molecule has 4 nitrogen and oxygen atoms in total. The second kappa shape index (κ2) is 5.80. The van der Waals surface area contributed by atoms with E-state index in [2.05, 4.69) is 0 Å². The third-order valence-electron chi connectivity index (χ3n) is 2.87. The fraction of sp³-hybridized carbons (Fsp3) is 0.462. The molecule has 1 unspecified atom stereocenters. The highest BCUT2D eigenvalue weighted by Gasteiger charge is 2.22. The summed E-state index contributed by atoms with van der Waals surface area (Å²) in [4.78, 5) is 16.8. The molecule has 1 aromatic rings. The Kier molecular flexibility index (Phi) is 4.12. The molecule has 2 rings (SSSR count). The summed E-state index contributed by atoms with van der Waals surface area (Å²) < 4.78 is 0. The van der Waals surface area contributed by atoms with Crippen LogP contribution in [-0.4, -0.2) is 29.2 Å². The molecule has 0 saturated carbocycles. The summed E-state index contributed by atoms with van der Waals surface area (Å²) in [5, 5.41) is 11.5. The topological polar surface area (TPSA) is 49.8 Å². The second-order valence-corrected chi connectivity index (χ2v) is 4.21. The number of benzene rings is 1. The minimum atomic E-state index is -1.20. The van der Waals surface area contributed by atoms with Gasteiger partial charge in [-0.2, -0.15) is 0 Å². The van der Waals surface area contributed by atoms with Crippen molar-refractivity contribution < 1.29 is 14.7 Å². The van der Waals surface area contributed by atoms with E-state index in [1.165, 1.54) is 6.42 Å². The van der Waals surface area contributed by atoms with Crippen molar-refractivity contribution in [2.45, 2.75) is 25.4 Å². The molecule has 4 heteroatoms. The smallest absolute Gasteiger partial charge is 0.358 e. The summed E-state index contributed by atoms with van der Waals surface area (Å²) in [5.41, 5.74) is 0.564. The molecule has 92 valence electrons. The van der Waals surface area contributed by atoms with Gasteiger partial charge in [-0.05, 0) is 18.4 Å². The predicted octanol–water partition coefficient (Wildman–Crippen LogP) is 1.66. The summed E-state index contributed by atoms with van der Waals surface area (Å²) in [7, 11) is 0. The molecule has 0 aliphatic carbocycles. The zero-order chi connectivity index (χ0) is 12.1. The fourth-order valence-corrected chi connectivity index (χ4v) is 1.90. The van der Waals surface area contributed by atoms with Crippen LogP contribution >= 0.6 is 0 Å². The summed E-state index contributed by atoms with van der Waals surface area (Å²) in [5.74, 6) is -0.599. The van der Waals surface area contributed by atoms with Crippen molar-refractivity contribution in [3.63, 3.8) is 0 Å². The highest BCUT2D eigenvalue weighted by molar-refractivity contribution is 5.75. The Balaban J connectivity index is 1.91. The summed E-state index contributed by atoms with van der Waals surface area (Å²) in [6.07, 6.45) is 2.05. The van der Waals surface area contributed by atoms with Gasteiger partial charge in [-0.3, -0.25) is 0 Å². The van der Waals surface area contributed by atoms with E-state index in [4.69, 9.17) is 4.84 Å². The number of hydrogen-bond acceptors (Lipinski definition) is 4. The molecule has 0 bridgehead atoms. The van der Waals surface area contributed by atoms with Gasteiger partial charge < -0.3 is 9.94 Å². The van der Waals surface area contributed by atoms with Crippen LogP contribution in [0.25, 0.3) is 0 Å². The lowest BCUT2D eigenvalue weighted by Gasteiger charge is -2.25. The van der Waals surface area contributed by atoms with Crippen molar-refractivity contribution in [1.29, 1.82) is 0 Å². The predicted molar refractivity (Wildman–Crippen MR) is 62.9 cm³/mol. The Hall–Kier alpha value is -1.39. The average molecular weight is 235 g/mol. The van der Waals surface area contributed by atoms with Gasteiger partial charge >= 0.3 is 5.97 Å². The van der Waals surface area contributed by atoms with Gasteiger partial charge in [0, 0.05) is 13.1 Å². The first-order valence-corrected chi connectivity index (χ1v) is 5.97. The SMILES string of the molecule is O=C(ON1CCCCC1)C(O)c1ccccc1. The molecule has 0 radical (unpaired) electrons. The van der Waals surface area contributed by atoms with E-state index in [1.807, 2.05) is 6.07 Å². The number of aliphatic hydroxyl groups is 1. The van der Waals surface area contributed by atoms with Gasteiger partial charge in [0.25, 0.3) is 0 Å². The number of nitrogens with zero attached hydrogens (tertiary/aromatic N) is 1. The van der Waals surface area contributed by atoms with Crippen molar-refractivity contribution in [3.05, 3.63) is 35.9 Å². The van der Waals surface area contributed by atoms with Gasteiger partial charge in [-0.15, -0.1) is 5.06 Å². The van der Waals surface area contributed by atoms with E-state index in [-0.39, 0.29) is 0 Å². The molecular formula is C13H17NO3. The van der Waals surface area contributed by atoms with Gasteiger partial charge in [0.2, 0.25) is 0 Å². The number of piperidine rings is 1. The van der Waals surface area contributed by atoms with Crippen LogP contribution in [-0.2, 0) is 9.63 Å². The van der Waals surface area contributed by atoms with E-state index in [9.17, 15) is 9.90 Å². The Morgan fingerprint density at radius 3 is 2.47 bits per heavy atom. The van der Waals surface area contributed by atoms with Gasteiger partial charge in [0.15, 0.2) is 6.10 Å². The van der Waals surface area contributed by atoms with E-state index in [0.29, 0.717) is 5.56 Å². The van der Waals surface area contributed by atoms with Crippen LogP contribution in [0.15, 0.2) is 30.3 Å². The van der Waals surface area contributed by atoms with Crippen LogP contribution in [0.4, 0.5) is 0 Å². The van der Waals surface area contributed by atoms with E-state index in [0.717, 1.165) is 25.9 Å². The molecule has 17 heavy (non-hydrogen) atoms. The Morgan fingerprint density at radius 2 is 1.82 bits per heavy atom. The molecule has 1 aromatic carbocycles. The standard InChI is InChI=1S/C13H17NO3/c15-12(11-7-3-1-4-8-11)13(16)17-14-9-5-2-6-10-14/h1,3-4,7-8,12,15H,2,5-6,9-10H2. The average Bonchev–Trinajstić information content (AvgIpc) is 2.40. The number of hydroxylamine groups is 2. The number of carbonyl (C=O) groups excluding carboxylic acids is 1. The monoisotopic (exact) mass is 235 g/mol. The zero-order valence-corrected chi connectivity index (χ0v) is 9.71. The van der Waals surface area contributed by atoms with Crippen LogP contribution in [0.2, 0.25) is 0 Å². The first-order valence-electron chi connectivity index (χ1n) is 5.97. The van der Waals surface area contributed by atoms with Crippen LogP contribution < -0.4 is 0 Å². The lowest BCUT2D eigenvalue weighted by molar-refractivity contribution is -0.204. The zero-order valence-electron chi connectivity index (χ0n) is 9.71. The van der Waals surface area contributed by atoms with E-state index < -0.39 is 12.1 Å². The van der Waals surface area contributed by atoms with Crippen molar-refractivity contribution in [1.82, 2.24) is 5.06 Å². The Morgan fingerprint density at radius 1 is 1.18 bits per heavy atom.